The van der Waals surface area contributed by atoms with Gasteiger partial charge in [-0.1, -0.05) is 23.7 Å². The van der Waals surface area contributed by atoms with Gasteiger partial charge in [0.05, 0.1) is 26.2 Å². The highest BCUT2D eigenvalue weighted by Gasteiger charge is 2.10. The molecular weight excluding hydrogens is 380 g/mol. The number of hydrogen-bond acceptors (Lipinski definition) is 4. The minimum Gasteiger partial charge on any atom is -0.497 e. The van der Waals surface area contributed by atoms with Crippen molar-refractivity contribution in [2.75, 3.05) is 20.8 Å². The van der Waals surface area contributed by atoms with Gasteiger partial charge < -0.3 is 19.8 Å². The summed E-state index contributed by atoms with van der Waals surface area (Å²) >= 11 is 5.85. The molecule has 0 unspecified atom stereocenters. The second-order valence-corrected chi connectivity index (χ2v) is 6.76. The molecule has 0 saturated heterocycles. The van der Waals surface area contributed by atoms with Crippen LogP contribution in [0.1, 0.15) is 11.1 Å². The number of hydrogen-bond donors (Lipinski definition) is 2. The van der Waals surface area contributed by atoms with E-state index in [4.69, 9.17) is 21.1 Å². The van der Waals surface area contributed by atoms with E-state index < -0.39 is 0 Å². The van der Waals surface area contributed by atoms with Crippen molar-refractivity contribution in [2.45, 2.75) is 12.8 Å². The normalized spacial score (nSPS) is 10.7. The molecule has 1 aromatic heterocycles. The summed E-state index contributed by atoms with van der Waals surface area (Å²) in [6, 6.07) is 12.5. The van der Waals surface area contributed by atoms with Crippen molar-refractivity contribution < 1.29 is 14.3 Å². The lowest BCUT2D eigenvalue weighted by Gasteiger charge is -2.10. The fourth-order valence-corrected chi connectivity index (χ4v) is 3.08. The molecule has 0 aliphatic rings. The number of methoxy groups -OCH3 is 2. The van der Waals surface area contributed by atoms with Gasteiger partial charge in [-0.2, -0.15) is 0 Å². The Morgan fingerprint density at radius 1 is 1.11 bits per heavy atom. The summed E-state index contributed by atoms with van der Waals surface area (Å²) < 4.78 is 10.6. The molecule has 0 fully saturated rings. The third-order valence-corrected chi connectivity index (χ3v) is 4.67. The molecule has 0 aliphatic heterocycles. The Kier molecular flexibility index (Phi) is 6.21. The predicted octanol–water partition coefficient (Wildman–Crippen LogP) is 3.10. The zero-order chi connectivity index (χ0) is 20.1. The van der Waals surface area contributed by atoms with E-state index >= 15 is 0 Å². The molecule has 146 valence electrons. The maximum absolute atomic E-state index is 12.4. The van der Waals surface area contributed by atoms with Crippen LogP contribution < -0.4 is 20.3 Å². The number of fused-ring (bicyclic) bond motifs is 1. The minimum atomic E-state index is -0.206. The van der Waals surface area contributed by atoms with Crippen LogP contribution in [0.15, 0.2) is 47.3 Å². The quantitative estimate of drug-likeness (QED) is 0.638. The average Bonchev–Trinajstić information content (AvgIpc) is 2.69. The number of ether oxygens (including phenoxy) is 2. The van der Waals surface area contributed by atoms with Gasteiger partial charge in [0.25, 0.3) is 5.56 Å². The molecule has 3 rings (SSSR count). The van der Waals surface area contributed by atoms with Gasteiger partial charge in [-0.05, 0) is 36.2 Å². The van der Waals surface area contributed by atoms with Crippen LogP contribution in [0.4, 0.5) is 0 Å². The minimum absolute atomic E-state index is 0.108. The van der Waals surface area contributed by atoms with E-state index in [-0.39, 0.29) is 17.9 Å². The van der Waals surface area contributed by atoms with Gasteiger partial charge in [0.2, 0.25) is 5.91 Å². The van der Waals surface area contributed by atoms with Gasteiger partial charge >= 0.3 is 0 Å². The molecule has 28 heavy (non-hydrogen) atoms. The van der Waals surface area contributed by atoms with E-state index in [2.05, 4.69) is 10.3 Å². The van der Waals surface area contributed by atoms with E-state index in [9.17, 15) is 9.59 Å². The summed E-state index contributed by atoms with van der Waals surface area (Å²) in [6.07, 6.45) is 0.677. The monoisotopic (exact) mass is 400 g/mol. The van der Waals surface area contributed by atoms with Crippen molar-refractivity contribution in [3.8, 4) is 11.5 Å². The molecule has 6 nitrogen and oxygen atoms in total. The Labute approximate surface area is 167 Å². The highest BCUT2D eigenvalue weighted by molar-refractivity contribution is 6.30. The molecular formula is C21H21ClN2O4. The summed E-state index contributed by atoms with van der Waals surface area (Å²) in [5, 5.41) is 4.28. The number of rotatable bonds is 7. The molecule has 2 aromatic carbocycles. The molecule has 0 aliphatic carbocycles. The van der Waals surface area contributed by atoms with Crippen molar-refractivity contribution in [3.63, 3.8) is 0 Å². The number of halogens is 1. The van der Waals surface area contributed by atoms with E-state index in [1.54, 1.807) is 31.4 Å². The Bertz CT molecular complexity index is 1040. The van der Waals surface area contributed by atoms with Crippen LogP contribution in [-0.2, 0) is 17.6 Å². The molecule has 0 saturated carbocycles. The number of pyridine rings is 1. The lowest BCUT2D eigenvalue weighted by Crippen LogP contribution is -2.28. The Morgan fingerprint density at radius 3 is 2.54 bits per heavy atom. The van der Waals surface area contributed by atoms with E-state index in [0.717, 1.165) is 10.9 Å². The van der Waals surface area contributed by atoms with Gasteiger partial charge in [-0.25, -0.2) is 0 Å². The average molecular weight is 401 g/mol. The van der Waals surface area contributed by atoms with E-state index in [1.807, 2.05) is 18.2 Å². The van der Waals surface area contributed by atoms with Crippen LogP contribution in [0.25, 0.3) is 10.9 Å². The summed E-state index contributed by atoms with van der Waals surface area (Å²) in [4.78, 5) is 27.3. The third kappa shape index (κ3) is 4.64. The maximum Gasteiger partial charge on any atom is 0.251 e. The lowest BCUT2D eigenvalue weighted by atomic mass is 10.1. The number of H-pyrrole nitrogens is 1. The Morgan fingerprint density at radius 2 is 1.86 bits per heavy atom. The van der Waals surface area contributed by atoms with Crippen molar-refractivity contribution in [2.24, 2.45) is 0 Å². The molecule has 7 heteroatoms. The summed E-state index contributed by atoms with van der Waals surface area (Å²) in [5.74, 6) is 1.07. The summed E-state index contributed by atoms with van der Waals surface area (Å²) in [6.45, 7) is 0.363. The summed E-state index contributed by atoms with van der Waals surface area (Å²) in [5.41, 5.74) is 1.87. The first-order valence-electron chi connectivity index (χ1n) is 8.79. The van der Waals surface area contributed by atoms with Gasteiger partial charge in [0.1, 0.15) is 11.5 Å². The van der Waals surface area contributed by atoms with Crippen LogP contribution in [0, 0.1) is 0 Å². The van der Waals surface area contributed by atoms with Crippen molar-refractivity contribution in [1.29, 1.82) is 0 Å². The first-order chi connectivity index (χ1) is 13.5. The molecule has 1 amide bonds. The Balaban J connectivity index is 1.68. The fraction of sp³-hybridized carbons (Fsp3) is 0.238. The number of aromatic nitrogens is 1. The topological polar surface area (TPSA) is 80.4 Å². The second-order valence-electron chi connectivity index (χ2n) is 6.32. The molecule has 0 bridgehead atoms. The number of benzene rings is 2. The third-order valence-electron chi connectivity index (χ3n) is 4.42. The molecule has 0 radical (unpaired) electrons. The molecule has 0 atom stereocenters. The van der Waals surface area contributed by atoms with Gasteiger partial charge in [-0.15, -0.1) is 0 Å². The predicted molar refractivity (Wildman–Crippen MR) is 110 cm³/mol. The number of carbonyl (C=O) groups excluding carboxylic acids is 1. The fourth-order valence-electron chi connectivity index (χ4n) is 2.96. The van der Waals surface area contributed by atoms with Crippen LogP contribution in [-0.4, -0.2) is 31.7 Å². The first kappa shape index (κ1) is 19.8. The smallest absolute Gasteiger partial charge is 0.251 e. The van der Waals surface area contributed by atoms with Crippen LogP contribution in [0.3, 0.4) is 0 Å². The number of amides is 1. The highest BCUT2D eigenvalue weighted by Crippen LogP contribution is 2.29. The first-order valence-corrected chi connectivity index (χ1v) is 9.17. The number of aromatic amines is 1. The zero-order valence-electron chi connectivity index (χ0n) is 15.7. The van der Waals surface area contributed by atoms with Crippen LogP contribution >= 0.6 is 11.6 Å². The SMILES string of the molecule is COc1cc(OC)c2[nH]c(=O)c(CCNC(=O)Cc3ccc(Cl)cc3)cc2c1. The van der Waals surface area contributed by atoms with Gasteiger partial charge in [0.15, 0.2) is 0 Å². The molecule has 3 aromatic rings. The van der Waals surface area contributed by atoms with E-state index in [0.29, 0.717) is 40.6 Å². The van der Waals surface area contributed by atoms with Crippen LogP contribution in [0.5, 0.6) is 11.5 Å². The molecule has 2 N–H and O–H groups in total. The largest absolute Gasteiger partial charge is 0.497 e. The second kappa shape index (κ2) is 8.80. The van der Waals surface area contributed by atoms with Gasteiger partial charge in [-0.3, -0.25) is 9.59 Å². The molecule has 0 spiro atoms. The highest BCUT2D eigenvalue weighted by atomic mass is 35.5. The molecule has 1 heterocycles. The Hall–Kier alpha value is -2.99. The van der Waals surface area contributed by atoms with Crippen LogP contribution in [0.2, 0.25) is 5.02 Å². The summed E-state index contributed by atoms with van der Waals surface area (Å²) in [7, 11) is 3.11. The van der Waals surface area contributed by atoms with E-state index in [1.165, 1.54) is 7.11 Å². The lowest BCUT2D eigenvalue weighted by molar-refractivity contribution is -0.120. The number of nitrogens with one attached hydrogen (secondary N) is 2. The van der Waals surface area contributed by atoms with Crippen molar-refractivity contribution in [1.82, 2.24) is 10.3 Å². The maximum atomic E-state index is 12.4. The standard InChI is InChI=1S/C21H21ClN2O4/c1-27-17-11-15-10-14(21(26)24-20(15)18(12-17)28-2)7-8-23-19(25)9-13-3-5-16(22)6-4-13/h3-6,10-12H,7-9H2,1-2H3,(H,23,25)(H,24,26). The van der Waals surface area contributed by atoms with Gasteiger partial charge in [0, 0.05) is 28.6 Å². The zero-order valence-corrected chi connectivity index (χ0v) is 16.4. The van der Waals surface area contributed by atoms with Crippen molar-refractivity contribution >= 4 is 28.4 Å². The van der Waals surface area contributed by atoms with Crippen molar-refractivity contribution in [3.05, 3.63) is 69.0 Å². The number of carbonyl (C=O) groups is 1.